The Kier molecular flexibility index (Phi) is 5.90. The van der Waals surface area contributed by atoms with Crippen LogP contribution in [0, 0.1) is 0 Å². The van der Waals surface area contributed by atoms with Crippen molar-refractivity contribution in [3.63, 3.8) is 0 Å². The molecule has 0 fully saturated rings. The van der Waals surface area contributed by atoms with Crippen LogP contribution in [0.15, 0.2) is 76.5 Å². The second-order valence-electron chi connectivity index (χ2n) is 7.25. The van der Waals surface area contributed by atoms with Crippen molar-refractivity contribution in [1.29, 1.82) is 0 Å². The van der Waals surface area contributed by atoms with E-state index in [-0.39, 0.29) is 38.2 Å². The number of nitrogens with two attached hydrogens (primary N) is 2. The van der Waals surface area contributed by atoms with Crippen LogP contribution in [-0.4, -0.2) is 21.9 Å². The van der Waals surface area contributed by atoms with Crippen LogP contribution in [0.25, 0.3) is 33.0 Å². The molecule has 0 heterocycles. The van der Waals surface area contributed by atoms with E-state index in [1.54, 1.807) is 24.3 Å². The maximum absolute atomic E-state index is 13.0. The number of hydrogen-bond donors (Lipinski definition) is 3. The first-order valence-corrected chi connectivity index (χ1v) is 13.1. The fraction of sp³-hybridized carbons (Fsp3) is 0. The molecule has 0 atom stereocenters. The van der Waals surface area contributed by atoms with E-state index in [4.69, 9.17) is 33.5 Å². The molecule has 33 heavy (non-hydrogen) atoms. The van der Waals surface area contributed by atoms with Crippen molar-refractivity contribution < 1.29 is 21.9 Å². The minimum absolute atomic E-state index is 0.00912. The molecule has 0 saturated heterocycles. The summed E-state index contributed by atoms with van der Waals surface area (Å²) >= 11 is 12.3. The molecule has 0 saturated carbocycles. The van der Waals surface area contributed by atoms with Gasteiger partial charge in [-0.15, -0.1) is 0 Å². The summed E-state index contributed by atoms with van der Waals surface area (Å²) in [5.41, 5.74) is 0.378. The first kappa shape index (κ1) is 23.5. The lowest BCUT2D eigenvalue weighted by Gasteiger charge is -2.21. The van der Waals surface area contributed by atoms with Crippen molar-refractivity contribution >= 4 is 54.0 Å². The van der Waals surface area contributed by atoms with Gasteiger partial charge >= 0.3 is 0 Å². The smallest absolute Gasteiger partial charge is 0.239 e. The van der Waals surface area contributed by atoms with Crippen LogP contribution in [0.3, 0.4) is 0 Å². The maximum atomic E-state index is 13.0. The maximum Gasteiger partial charge on any atom is 0.239 e. The number of phenolic OH excluding ortho intramolecular Hbond substituents is 1. The Labute approximate surface area is 200 Å². The zero-order valence-corrected chi connectivity index (χ0v) is 19.8. The molecule has 0 radical (unpaired) electrons. The van der Waals surface area contributed by atoms with Crippen molar-refractivity contribution in [2.45, 2.75) is 9.79 Å². The molecule has 11 heteroatoms. The summed E-state index contributed by atoms with van der Waals surface area (Å²) in [6, 6.07) is 16.2. The Bertz CT molecular complexity index is 1650. The molecular weight excluding hydrogens is 507 g/mol. The standard InChI is InChI=1S/C22H16Cl2N2O5S2/c23-14-5-1-3-12(9-14)19-17-8-7-16(27)11-18(17)21(32(25,28)29)20(22(19)33(26,30)31)13-4-2-6-15(24)10-13/h1-11,27H,(H2,25,28,29)(H2,26,30,31). The van der Waals surface area contributed by atoms with Crippen molar-refractivity contribution in [1.82, 2.24) is 0 Å². The fourth-order valence-electron chi connectivity index (χ4n) is 3.84. The summed E-state index contributed by atoms with van der Waals surface area (Å²) in [5, 5.41) is 22.1. The molecule has 7 nitrogen and oxygen atoms in total. The van der Waals surface area contributed by atoms with Crippen LogP contribution in [0.4, 0.5) is 0 Å². The summed E-state index contributed by atoms with van der Waals surface area (Å²) in [5.74, 6) is -0.246. The zero-order chi connectivity index (χ0) is 24.1. The van der Waals surface area contributed by atoms with Crippen LogP contribution in [-0.2, 0) is 20.0 Å². The van der Waals surface area contributed by atoms with Gasteiger partial charge in [-0.25, -0.2) is 27.1 Å². The number of phenols is 1. The van der Waals surface area contributed by atoms with Gasteiger partial charge in [0.15, 0.2) is 0 Å². The SMILES string of the molecule is NS(=O)(=O)c1c(-c2cccc(Cl)c2)c(S(N)(=O)=O)c2cc(O)ccc2c1-c1cccc(Cl)c1. The van der Waals surface area contributed by atoms with Crippen LogP contribution < -0.4 is 10.3 Å². The molecular formula is C22H16Cl2N2O5S2. The Hall–Kier alpha value is -2.66. The quantitative estimate of drug-likeness (QED) is 0.362. The van der Waals surface area contributed by atoms with Crippen LogP contribution in [0.1, 0.15) is 0 Å². The number of hydrogen-bond acceptors (Lipinski definition) is 5. The number of halogens is 2. The average Bonchev–Trinajstić information content (AvgIpc) is 2.70. The van der Waals surface area contributed by atoms with Gasteiger partial charge in [0, 0.05) is 26.6 Å². The van der Waals surface area contributed by atoms with Gasteiger partial charge < -0.3 is 5.11 Å². The first-order chi connectivity index (χ1) is 15.4. The molecule has 170 valence electrons. The summed E-state index contributed by atoms with van der Waals surface area (Å²) < 4.78 is 51.7. The third-order valence-electron chi connectivity index (χ3n) is 4.99. The number of sulfonamides is 2. The monoisotopic (exact) mass is 522 g/mol. The Morgan fingerprint density at radius 2 is 1.15 bits per heavy atom. The third kappa shape index (κ3) is 4.43. The molecule has 4 aromatic carbocycles. The summed E-state index contributed by atoms with van der Waals surface area (Å²) in [6.07, 6.45) is 0. The van der Waals surface area contributed by atoms with Crippen molar-refractivity contribution in [3.05, 3.63) is 76.8 Å². The third-order valence-corrected chi connectivity index (χ3v) is 7.43. The highest BCUT2D eigenvalue weighted by Gasteiger charge is 2.32. The second kappa shape index (κ2) is 8.28. The Morgan fingerprint density at radius 1 is 0.636 bits per heavy atom. The molecule has 0 aliphatic carbocycles. The highest BCUT2D eigenvalue weighted by Crippen LogP contribution is 2.47. The van der Waals surface area contributed by atoms with E-state index in [9.17, 15) is 21.9 Å². The molecule has 0 bridgehead atoms. The van der Waals surface area contributed by atoms with E-state index < -0.39 is 29.8 Å². The molecule has 0 aliphatic heterocycles. The first-order valence-electron chi connectivity index (χ1n) is 9.28. The lowest BCUT2D eigenvalue weighted by Crippen LogP contribution is -2.20. The molecule has 4 rings (SSSR count). The van der Waals surface area contributed by atoms with E-state index in [2.05, 4.69) is 0 Å². The molecule has 0 spiro atoms. The highest BCUT2D eigenvalue weighted by molar-refractivity contribution is 7.90. The van der Waals surface area contributed by atoms with E-state index in [1.165, 1.54) is 42.5 Å². The zero-order valence-electron chi connectivity index (χ0n) is 16.7. The van der Waals surface area contributed by atoms with Crippen molar-refractivity contribution in [3.8, 4) is 28.0 Å². The van der Waals surface area contributed by atoms with E-state index in [1.807, 2.05) is 0 Å². The number of fused-ring (bicyclic) bond motifs is 1. The largest absolute Gasteiger partial charge is 0.508 e. The predicted octanol–water partition coefficient (Wildman–Crippen LogP) is 4.48. The molecule has 0 aliphatic rings. The molecule has 4 aromatic rings. The fourth-order valence-corrected chi connectivity index (χ4v) is 6.28. The molecule has 0 aromatic heterocycles. The minimum atomic E-state index is -4.54. The molecule has 0 unspecified atom stereocenters. The highest BCUT2D eigenvalue weighted by atomic mass is 35.5. The van der Waals surface area contributed by atoms with Gasteiger partial charge in [0.1, 0.15) is 5.75 Å². The van der Waals surface area contributed by atoms with Gasteiger partial charge in [-0.3, -0.25) is 0 Å². The van der Waals surface area contributed by atoms with E-state index in [0.717, 1.165) is 0 Å². The van der Waals surface area contributed by atoms with Gasteiger partial charge in [0.25, 0.3) is 0 Å². The van der Waals surface area contributed by atoms with Gasteiger partial charge in [-0.2, -0.15) is 0 Å². The minimum Gasteiger partial charge on any atom is -0.508 e. The Morgan fingerprint density at radius 3 is 1.64 bits per heavy atom. The van der Waals surface area contributed by atoms with E-state index >= 15 is 0 Å². The summed E-state index contributed by atoms with van der Waals surface area (Å²) in [4.78, 5) is -0.972. The summed E-state index contributed by atoms with van der Waals surface area (Å²) in [7, 11) is -9.07. The normalized spacial score (nSPS) is 12.2. The average molecular weight is 523 g/mol. The lowest BCUT2D eigenvalue weighted by molar-refractivity contribution is 0.476. The van der Waals surface area contributed by atoms with Gasteiger partial charge in [-0.1, -0.05) is 47.5 Å². The number of aromatic hydroxyl groups is 1. The Balaban J connectivity index is 2.43. The number of benzene rings is 4. The number of rotatable bonds is 4. The molecule has 0 amide bonds. The summed E-state index contributed by atoms with van der Waals surface area (Å²) in [6.45, 7) is 0. The number of primary sulfonamides is 2. The lowest BCUT2D eigenvalue weighted by atomic mass is 9.92. The molecule has 5 N–H and O–H groups in total. The van der Waals surface area contributed by atoms with Gasteiger partial charge in [0.05, 0.1) is 9.79 Å². The topological polar surface area (TPSA) is 141 Å². The van der Waals surface area contributed by atoms with E-state index in [0.29, 0.717) is 10.6 Å². The second-order valence-corrected chi connectivity index (χ2v) is 11.1. The van der Waals surface area contributed by atoms with Crippen molar-refractivity contribution in [2.24, 2.45) is 10.3 Å². The predicted molar refractivity (Wildman–Crippen MR) is 129 cm³/mol. The van der Waals surface area contributed by atoms with Crippen molar-refractivity contribution in [2.75, 3.05) is 0 Å². The van der Waals surface area contributed by atoms with Gasteiger partial charge in [-0.05, 0) is 59.0 Å². The van der Waals surface area contributed by atoms with Gasteiger partial charge in [0.2, 0.25) is 20.0 Å². The van der Waals surface area contributed by atoms with Crippen LogP contribution in [0.2, 0.25) is 10.0 Å². The van der Waals surface area contributed by atoms with Crippen LogP contribution in [0.5, 0.6) is 5.75 Å². The van der Waals surface area contributed by atoms with Crippen LogP contribution >= 0.6 is 23.2 Å².